The van der Waals surface area contributed by atoms with E-state index in [2.05, 4.69) is 5.32 Å². The van der Waals surface area contributed by atoms with Crippen molar-refractivity contribution in [2.24, 2.45) is 0 Å². The van der Waals surface area contributed by atoms with Crippen LogP contribution < -0.4 is 5.32 Å². The van der Waals surface area contributed by atoms with Crippen molar-refractivity contribution in [2.45, 2.75) is 11.9 Å². The van der Waals surface area contributed by atoms with E-state index in [9.17, 15) is 14.5 Å². The van der Waals surface area contributed by atoms with Gasteiger partial charge in [0, 0.05) is 19.8 Å². The molecule has 2 aromatic carbocycles. The Morgan fingerprint density at radius 1 is 1.00 bits per heavy atom. The first kappa shape index (κ1) is 18.4. The van der Waals surface area contributed by atoms with E-state index in [-0.39, 0.29) is 0 Å². The van der Waals surface area contributed by atoms with Gasteiger partial charge >= 0.3 is 7.60 Å². The molecule has 0 aromatic heterocycles. The van der Waals surface area contributed by atoms with Crippen LogP contribution in [0.25, 0.3) is 0 Å². The highest BCUT2D eigenvalue weighted by Gasteiger charge is 2.41. The molecule has 7 heteroatoms. The molecular weight excluding hydrogens is 329 g/mol. The Labute approximate surface area is 141 Å². The van der Waals surface area contributed by atoms with Crippen LogP contribution in [0, 0.1) is 0 Å². The van der Waals surface area contributed by atoms with Crippen molar-refractivity contribution in [2.75, 3.05) is 14.2 Å². The number of hydrogen-bond donors (Lipinski definition) is 2. The zero-order chi connectivity index (χ0) is 17.6. The van der Waals surface area contributed by atoms with Crippen LogP contribution >= 0.6 is 7.60 Å². The lowest BCUT2D eigenvalue weighted by Gasteiger charge is -2.29. The van der Waals surface area contributed by atoms with Gasteiger partial charge in [-0.2, -0.15) is 0 Å². The van der Waals surface area contributed by atoms with Gasteiger partial charge in [-0.25, -0.2) is 0 Å². The van der Waals surface area contributed by atoms with Crippen LogP contribution in [0.1, 0.15) is 22.0 Å². The molecule has 0 unspecified atom stereocenters. The van der Waals surface area contributed by atoms with E-state index in [1.807, 2.05) is 0 Å². The molecule has 0 fully saturated rings. The third-order valence-electron chi connectivity index (χ3n) is 3.60. The molecule has 128 valence electrons. The molecule has 0 radical (unpaired) electrons. The highest BCUT2D eigenvalue weighted by Crippen LogP contribution is 2.54. The molecule has 0 saturated carbocycles. The summed E-state index contributed by atoms with van der Waals surface area (Å²) in [5, 5.41) is 13.2. The molecule has 2 aromatic rings. The number of carbonyl (C=O) groups is 1. The fourth-order valence-electron chi connectivity index (χ4n) is 2.27. The van der Waals surface area contributed by atoms with Gasteiger partial charge in [-0.05, 0) is 17.7 Å². The Balaban J connectivity index is 2.33. The predicted molar refractivity (Wildman–Crippen MR) is 90.7 cm³/mol. The predicted octanol–water partition coefficient (Wildman–Crippen LogP) is 2.96. The van der Waals surface area contributed by atoms with Gasteiger partial charge in [0.15, 0.2) is 5.78 Å². The van der Waals surface area contributed by atoms with Crippen LogP contribution in [0.3, 0.4) is 0 Å². The van der Waals surface area contributed by atoms with Crippen molar-refractivity contribution in [3.63, 3.8) is 0 Å². The average molecular weight is 349 g/mol. The molecule has 0 aliphatic heterocycles. The van der Waals surface area contributed by atoms with E-state index in [0.29, 0.717) is 11.1 Å². The third kappa shape index (κ3) is 4.10. The highest BCUT2D eigenvalue weighted by atomic mass is 31.2. The molecular formula is C17H20NO5P. The Hall–Kier alpha value is -1.98. The summed E-state index contributed by atoms with van der Waals surface area (Å²) in [6, 6.07) is 17.0. The molecule has 0 saturated heterocycles. The second kappa shape index (κ2) is 8.22. The first-order valence-electron chi connectivity index (χ1n) is 7.32. The van der Waals surface area contributed by atoms with Gasteiger partial charge < -0.3 is 19.5 Å². The third-order valence-corrected chi connectivity index (χ3v) is 5.72. The van der Waals surface area contributed by atoms with Crippen LogP contribution in [-0.4, -0.2) is 31.0 Å². The van der Waals surface area contributed by atoms with Crippen LogP contribution in [0.2, 0.25) is 0 Å². The summed E-state index contributed by atoms with van der Waals surface area (Å²) in [5.74, 6) is -1.73. The van der Waals surface area contributed by atoms with E-state index < -0.39 is 25.4 Å². The Morgan fingerprint density at radius 3 is 2.00 bits per heavy atom. The maximum absolute atomic E-state index is 12.8. The topological polar surface area (TPSA) is 84.9 Å². The number of rotatable bonds is 7. The lowest BCUT2D eigenvalue weighted by Crippen LogP contribution is -2.40. The zero-order valence-corrected chi connectivity index (χ0v) is 14.4. The summed E-state index contributed by atoms with van der Waals surface area (Å²) >= 11 is 0. The maximum atomic E-state index is 12.8. The number of aliphatic hydroxyl groups is 1. The molecule has 6 nitrogen and oxygen atoms in total. The first-order valence-corrected chi connectivity index (χ1v) is 8.93. The number of amides is 1. The molecule has 2 N–H and O–H groups in total. The zero-order valence-electron chi connectivity index (χ0n) is 13.5. The fraction of sp³-hybridized carbons (Fsp3) is 0.235. The Bertz CT molecular complexity index is 699. The van der Waals surface area contributed by atoms with Gasteiger partial charge in [0.1, 0.15) is 6.10 Å². The van der Waals surface area contributed by atoms with Crippen molar-refractivity contribution in [1.29, 1.82) is 0 Å². The van der Waals surface area contributed by atoms with Crippen LogP contribution in [0.5, 0.6) is 0 Å². The van der Waals surface area contributed by atoms with Crippen molar-refractivity contribution in [3.05, 3.63) is 71.8 Å². The number of carbonyl (C=O) groups excluding carboxylic acids is 1. The monoisotopic (exact) mass is 349 g/mol. The summed E-state index contributed by atoms with van der Waals surface area (Å²) in [6.07, 6.45) is -1.26. The van der Waals surface area contributed by atoms with E-state index in [0.717, 1.165) is 0 Å². The number of aliphatic hydroxyl groups excluding tert-OH is 1. The summed E-state index contributed by atoms with van der Waals surface area (Å²) in [4.78, 5) is 12.4. The van der Waals surface area contributed by atoms with Gasteiger partial charge in [-0.1, -0.05) is 48.5 Å². The molecule has 0 spiro atoms. The minimum absolute atomic E-state index is 0.376. The summed E-state index contributed by atoms with van der Waals surface area (Å²) in [7, 11) is -1.35. The molecule has 24 heavy (non-hydrogen) atoms. The summed E-state index contributed by atoms with van der Waals surface area (Å²) in [6.45, 7) is 0. The smallest absolute Gasteiger partial charge is 0.355 e. The number of nitrogens with one attached hydrogen (secondary N) is 1. The van der Waals surface area contributed by atoms with Gasteiger partial charge in [0.2, 0.25) is 0 Å². The van der Waals surface area contributed by atoms with Gasteiger partial charge in [-0.3, -0.25) is 9.36 Å². The van der Waals surface area contributed by atoms with E-state index in [1.165, 1.54) is 14.2 Å². The summed E-state index contributed by atoms with van der Waals surface area (Å²) in [5.41, 5.74) is 0.867. The second-order valence-corrected chi connectivity index (χ2v) is 7.41. The van der Waals surface area contributed by atoms with Crippen molar-refractivity contribution in [3.8, 4) is 0 Å². The van der Waals surface area contributed by atoms with Crippen LogP contribution in [0.15, 0.2) is 60.7 Å². The Morgan fingerprint density at radius 2 is 1.50 bits per heavy atom. The van der Waals surface area contributed by atoms with Gasteiger partial charge in [-0.15, -0.1) is 0 Å². The standard InChI is InChI=1S/C17H20NO5P/c1-22-24(21,23-2)17(15(19)13-9-5-3-6-10-13)18-16(20)14-11-7-4-8-12-14/h3-12,15,17,19H,1-2H3,(H,18,20)/t15-,17-/m0/s1. The molecule has 0 aliphatic rings. The largest absolute Gasteiger partial charge is 0.386 e. The van der Waals surface area contributed by atoms with Crippen molar-refractivity contribution >= 4 is 13.5 Å². The minimum atomic E-state index is -3.77. The SMILES string of the molecule is COP(=O)(OC)[C@H](NC(=O)c1ccccc1)[C@@H](O)c1ccccc1. The van der Waals surface area contributed by atoms with Crippen molar-refractivity contribution in [1.82, 2.24) is 5.32 Å². The second-order valence-electron chi connectivity index (χ2n) is 5.04. The van der Waals surface area contributed by atoms with E-state index in [1.54, 1.807) is 60.7 Å². The Kier molecular flexibility index (Phi) is 6.29. The number of hydrogen-bond acceptors (Lipinski definition) is 5. The lowest BCUT2D eigenvalue weighted by molar-refractivity contribution is 0.0863. The van der Waals surface area contributed by atoms with Crippen LogP contribution in [-0.2, 0) is 13.6 Å². The summed E-state index contributed by atoms with van der Waals surface area (Å²) < 4.78 is 22.8. The lowest BCUT2D eigenvalue weighted by atomic mass is 10.1. The molecule has 2 atom stereocenters. The van der Waals surface area contributed by atoms with E-state index >= 15 is 0 Å². The number of benzene rings is 2. The van der Waals surface area contributed by atoms with Gasteiger partial charge in [0.25, 0.3) is 5.91 Å². The molecule has 1 amide bonds. The van der Waals surface area contributed by atoms with Crippen LogP contribution in [0.4, 0.5) is 0 Å². The average Bonchev–Trinajstić information content (AvgIpc) is 2.66. The first-order chi connectivity index (χ1) is 11.5. The van der Waals surface area contributed by atoms with E-state index in [4.69, 9.17) is 9.05 Å². The quantitative estimate of drug-likeness (QED) is 0.751. The molecule has 2 rings (SSSR count). The fourth-order valence-corrected chi connectivity index (χ4v) is 3.67. The maximum Gasteiger partial charge on any atom is 0.355 e. The minimum Gasteiger partial charge on any atom is -0.386 e. The highest BCUT2D eigenvalue weighted by molar-refractivity contribution is 7.54. The molecule has 0 bridgehead atoms. The molecule has 0 aliphatic carbocycles. The van der Waals surface area contributed by atoms with Crippen molar-refractivity contribution < 1.29 is 23.5 Å². The van der Waals surface area contributed by atoms with Gasteiger partial charge in [0.05, 0.1) is 0 Å². The molecule has 0 heterocycles. The normalized spacial score (nSPS) is 14.0.